The van der Waals surface area contributed by atoms with Gasteiger partial charge < -0.3 is 4.90 Å². The molecule has 1 heteroatoms. The molecule has 1 aliphatic carbocycles. The molecule has 0 radical (unpaired) electrons. The van der Waals surface area contributed by atoms with E-state index in [-0.39, 0.29) is 5.41 Å². The lowest BCUT2D eigenvalue weighted by Crippen LogP contribution is -2.22. The zero-order valence-corrected chi connectivity index (χ0v) is 39.5. The highest BCUT2D eigenvalue weighted by atomic mass is 15.2. The Morgan fingerprint density at radius 3 is 1.34 bits per heavy atom. The average Bonchev–Trinajstić information content (AvgIpc) is 3.73. The first kappa shape index (κ1) is 42.1. The molecular formula is C70H49N. The molecule has 71 heavy (non-hydrogen) atoms. The van der Waals surface area contributed by atoms with E-state index in [1.165, 1.54) is 71.6 Å². The maximum absolute atomic E-state index is 2.60. The van der Waals surface area contributed by atoms with Gasteiger partial charge in [-0.1, -0.05) is 261 Å². The van der Waals surface area contributed by atoms with Gasteiger partial charge in [0.05, 0.1) is 17.1 Å². The number of hydrogen-bond acceptors (Lipinski definition) is 1. The molecule has 12 aromatic rings. The average molecular weight is 904 g/mol. The van der Waals surface area contributed by atoms with E-state index in [0.717, 1.165) is 50.4 Å². The van der Waals surface area contributed by atoms with Gasteiger partial charge in [0.25, 0.3) is 0 Å². The summed E-state index contributed by atoms with van der Waals surface area (Å²) in [6.07, 6.45) is 0. The molecule has 0 N–H and O–H groups in total. The van der Waals surface area contributed by atoms with Crippen LogP contribution in [0.4, 0.5) is 17.1 Å². The minimum absolute atomic E-state index is 0.388. The van der Waals surface area contributed by atoms with E-state index in [2.05, 4.69) is 291 Å². The lowest BCUT2D eigenvalue weighted by Gasteiger charge is -2.34. The number of nitrogens with zero attached hydrogens (tertiary/aromatic N) is 1. The Bertz CT molecular complexity index is 3860. The molecule has 0 spiro atoms. The normalized spacial score (nSPS) is 13.8. The fourth-order valence-corrected chi connectivity index (χ4v) is 11.7. The Morgan fingerprint density at radius 2 is 0.704 bits per heavy atom. The highest BCUT2D eigenvalue weighted by Gasteiger charge is 2.43. The van der Waals surface area contributed by atoms with Gasteiger partial charge in [0, 0.05) is 27.7 Å². The molecule has 1 nitrogen and oxygen atoms in total. The van der Waals surface area contributed by atoms with Crippen molar-refractivity contribution < 1.29 is 0 Å². The number of hydrogen-bond donors (Lipinski definition) is 0. The smallest absolute Gasteiger partial charge is 0.0618 e. The third-order valence-corrected chi connectivity index (χ3v) is 14.9. The van der Waals surface area contributed by atoms with E-state index in [0.29, 0.717) is 0 Å². The maximum Gasteiger partial charge on any atom is 0.0618 e. The van der Waals surface area contributed by atoms with E-state index in [1.807, 2.05) is 0 Å². The van der Waals surface area contributed by atoms with Gasteiger partial charge in [-0.05, 0) is 108 Å². The Morgan fingerprint density at radius 1 is 0.268 bits per heavy atom. The van der Waals surface area contributed by atoms with Crippen LogP contribution >= 0.6 is 0 Å². The zero-order chi connectivity index (χ0) is 47.3. The van der Waals surface area contributed by atoms with Crippen molar-refractivity contribution in [2.24, 2.45) is 0 Å². The van der Waals surface area contributed by atoms with Crippen LogP contribution in [0.3, 0.4) is 0 Å². The van der Waals surface area contributed by atoms with Gasteiger partial charge >= 0.3 is 0 Å². The summed E-state index contributed by atoms with van der Waals surface area (Å²) in [7, 11) is 0. The van der Waals surface area contributed by atoms with Crippen LogP contribution in [0.5, 0.6) is 0 Å². The van der Waals surface area contributed by atoms with Crippen LogP contribution in [0.2, 0.25) is 0 Å². The third-order valence-electron chi connectivity index (χ3n) is 14.9. The summed E-state index contributed by atoms with van der Waals surface area (Å²) in [6.45, 7) is 2.41. The standard InChI is InChI=1S/C70H49N/c1-70(53-33-15-6-16-34-53)62-41-21-19-38-60(62)68-63(70)42-24-44-65(68)71(69-55(48-25-7-2-8-26-48)39-23-40-56(69)49-27-9-3-10-28-49)64-43-22-20-35-54(64)52-45-46-58-57-36-17-18-37-59(57)66(50-29-11-4-12-30-50)67(61(58)47-52)51-31-13-5-14-32-51/h2-47H,1H3. The van der Waals surface area contributed by atoms with Gasteiger partial charge in [0.2, 0.25) is 0 Å². The lowest BCUT2D eigenvalue weighted by molar-refractivity contribution is 0.714. The second-order valence-electron chi connectivity index (χ2n) is 18.8. The quantitative estimate of drug-likeness (QED) is 0.130. The molecule has 12 aromatic carbocycles. The van der Waals surface area contributed by atoms with Crippen molar-refractivity contribution in [3.63, 3.8) is 0 Å². The van der Waals surface area contributed by atoms with Crippen LogP contribution in [0, 0.1) is 0 Å². The molecule has 13 rings (SSSR count). The summed E-state index contributed by atoms with van der Waals surface area (Å²) >= 11 is 0. The number of benzene rings is 12. The second kappa shape index (κ2) is 17.5. The van der Waals surface area contributed by atoms with Crippen molar-refractivity contribution in [1.82, 2.24) is 0 Å². The predicted molar refractivity (Wildman–Crippen MR) is 301 cm³/mol. The molecule has 0 amide bonds. The zero-order valence-electron chi connectivity index (χ0n) is 39.5. The summed E-state index contributed by atoms with van der Waals surface area (Å²) in [6, 6.07) is 103. The first-order valence-corrected chi connectivity index (χ1v) is 24.7. The molecule has 0 bridgehead atoms. The molecule has 0 saturated heterocycles. The second-order valence-corrected chi connectivity index (χ2v) is 18.8. The minimum Gasteiger partial charge on any atom is -0.308 e. The Balaban J connectivity index is 1.15. The summed E-state index contributed by atoms with van der Waals surface area (Å²) in [4.78, 5) is 2.60. The summed E-state index contributed by atoms with van der Waals surface area (Å²) in [5, 5.41) is 4.94. The summed E-state index contributed by atoms with van der Waals surface area (Å²) in [5.74, 6) is 0. The maximum atomic E-state index is 2.60. The Kier molecular flexibility index (Phi) is 10.4. The summed E-state index contributed by atoms with van der Waals surface area (Å²) in [5.41, 5.74) is 21.1. The fraction of sp³-hybridized carbons (Fsp3) is 0.0286. The molecule has 0 aromatic heterocycles. The van der Waals surface area contributed by atoms with Crippen molar-refractivity contribution in [1.29, 1.82) is 0 Å². The first-order valence-electron chi connectivity index (χ1n) is 24.7. The molecule has 0 saturated carbocycles. The van der Waals surface area contributed by atoms with E-state index in [9.17, 15) is 0 Å². The van der Waals surface area contributed by atoms with E-state index >= 15 is 0 Å². The third kappa shape index (κ3) is 6.92. The van der Waals surface area contributed by atoms with Crippen LogP contribution in [-0.2, 0) is 5.41 Å². The monoisotopic (exact) mass is 903 g/mol. The largest absolute Gasteiger partial charge is 0.308 e. The van der Waals surface area contributed by atoms with Crippen molar-refractivity contribution in [2.75, 3.05) is 4.90 Å². The topological polar surface area (TPSA) is 3.24 Å². The van der Waals surface area contributed by atoms with Crippen LogP contribution in [0.15, 0.2) is 279 Å². The number of para-hydroxylation sites is 2. The van der Waals surface area contributed by atoms with Gasteiger partial charge in [-0.25, -0.2) is 0 Å². The minimum atomic E-state index is -0.388. The molecule has 334 valence electrons. The molecule has 1 atom stereocenters. The van der Waals surface area contributed by atoms with Crippen molar-refractivity contribution in [3.05, 3.63) is 296 Å². The van der Waals surface area contributed by atoms with Crippen LogP contribution in [0.25, 0.3) is 88.3 Å². The number of anilines is 3. The van der Waals surface area contributed by atoms with Crippen LogP contribution in [-0.4, -0.2) is 0 Å². The van der Waals surface area contributed by atoms with Crippen molar-refractivity contribution >= 4 is 38.6 Å². The summed E-state index contributed by atoms with van der Waals surface area (Å²) < 4.78 is 0. The molecular weight excluding hydrogens is 855 g/mol. The first-order chi connectivity index (χ1) is 35.2. The van der Waals surface area contributed by atoms with Gasteiger partial charge in [0.1, 0.15) is 0 Å². The fourth-order valence-electron chi connectivity index (χ4n) is 11.7. The van der Waals surface area contributed by atoms with Gasteiger partial charge in [-0.2, -0.15) is 0 Å². The van der Waals surface area contributed by atoms with Crippen LogP contribution < -0.4 is 4.90 Å². The molecule has 0 aliphatic heterocycles. The van der Waals surface area contributed by atoms with E-state index in [4.69, 9.17) is 0 Å². The predicted octanol–water partition coefficient (Wildman–Crippen LogP) is 19.1. The van der Waals surface area contributed by atoms with E-state index < -0.39 is 0 Å². The van der Waals surface area contributed by atoms with Crippen LogP contribution in [0.1, 0.15) is 23.6 Å². The lowest BCUT2D eigenvalue weighted by atomic mass is 9.74. The van der Waals surface area contributed by atoms with Gasteiger partial charge in [-0.3, -0.25) is 0 Å². The number of rotatable bonds is 9. The highest BCUT2D eigenvalue weighted by Crippen LogP contribution is 2.59. The molecule has 1 unspecified atom stereocenters. The molecule has 0 heterocycles. The van der Waals surface area contributed by atoms with Gasteiger partial charge in [0.15, 0.2) is 0 Å². The van der Waals surface area contributed by atoms with Crippen molar-refractivity contribution in [2.45, 2.75) is 12.3 Å². The SMILES string of the molecule is CC1(c2ccccc2)c2ccccc2-c2c(N(c3ccccc3-c3ccc4c(c3)c(-c3ccccc3)c(-c3ccccc3)c3ccccc34)c3c(-c4ccccc4)cccc3-c3ccccc3)cccc21. The van der Waals surface area contributed by atoms with Crippen molar-refractivity contribution in [3.8, 4) is 66.8 Å². The Hall–Kier alpha value is -9.04. The molecule has 1 aliphatic rings. The van der Waals surface area contributed by atoms with Gasteiger partial charge in [-0.15, -0.1) is 0 Å². The van der Waals surface area contributed by atoms with E-state index in [1.54, 1.807) is 0 Å². The Labute approximate surface area is 416 Å². The molecule has 0 fully saturated rings. The number of fused-ring (bicyclic) bond motifs is 6. The highest BCUT2D eigenvalue weighted by molar-refractivity contribution is 6.22.